The predicted molar refractivity (Wildman–Crippen MR) is 88.0 cm³/mol. The third-order valence-corrected chi connectivity index (χ3v) is 4.54. The Hall–Kier alpha value is -2.21. The van der Waals surface area contributed by atoms with Crippen LogP contribution in [0.1, 0.15) is 37.3 Å². The highest BCUT2D eigenvalue weighted by Gasteiger charge is 2.14. The van der Waals surface area contributed by atoms with E-state index in [9.17, 15) is 4.79 Å². The third kappa shape index (κ3) is 2.50. The summed E-state index contributed by atoms with van der Waals surface area (Å²) in [6.45, 7) is 6.82. The molecular weight excluding hydrogens is 296 g/mol. The molecule has 0 fully saturated rings. The summed E-state index contributed by atoms with van der Waals surface area (Å²) in [5, 5.41) is 4.20. The summed E-state index contributed by atoms with van der Waals surface area (Å²) in [6, 6.07) is 9.95. The first-order valence-electron chi connectivity index (χ1n) is 7.32. The molecule has 3 rings (SSSR count). The zero-order chi connectivity index (χ0) is 15.7. The number of carbonyl (C=O) groups is 1. The number of rotatable bonds is 3. The number of nitrogens with zero attached hydrogens (tertiary/aromatic N) is 4. The van der Waals surface area contributed by atoms with Gasteiger partial charge in [0.2, 0.25) is 0 Å². The fraction of sp³-hybridized carbons (Fsp3) is 0.312. The molecule has 0 aliphatic heterocycles. The molecule has 6 heteroatoms. The Morgan fingerprint density at radius 2 is 2.09 bits per heavy atom. The summed E-state index contributed by atoms with van der Waals surface area (Å²) in [6.07, 6.45) is 1.64. The lowest BCUT2D eigenvalue weighted by Crippen LogP contribution is -2.18. The standard InChI is InChI=1S/C16H18N4OS/c1-4-19-12-7-5-6-8-14(12)22-16(19)18-15(21)13-9-10-17-20(13)11(2)3/h5-11H,4H2,1-3H3. The maximum Gasteiger partial charge on any atom is 0.297 e. The number of amides is 1. The highest BCUT2D eigenvalue weighted by atomic mass is 32.1. The van der Waals surface area contributed by atoms with E-state index in [1.54, 1.807) is 16.9 Å². The van der Waals surface area contributed by atoms with Crippen LogP contribution in [0.2, 0.25) is 0 Å². The number of thiazole rings is 1. The van der Waals surface area contributed by atoms with Gasteiger partial charge < -0.3 is 4.57 Å². The van der Waals surface area contributed by atoms with Crippen LogP contribution in [0.5, 0.6) is 0 Å². The molecule has 0 saturated carbocycles. The minimum Gasteiger partial charge on any atom is -0.317 e. The Labute approximate surface area is 132 Å². The number of carbonyl (C=O) groups excluding carboxylic acids is 1. The highest BCUT2D eigenvalue weighted by Crippen LogP contribution is 2.17. The van der Waals surface area contributed by atoms with Crippen LogP contribution in [0, 0.1) is 0 Å². The van der Waals surface area contributed by atoms with Gasteiger partial charge in [-0.05, 0) is 39.0 Å². The van der Waals surface area contributed by atoms with Gasteiger partial charge in [-0.25, -0.2) is 0 Å². The van der Waals surface area contributed by atoms with E-state index >= 15 is 0 Å². The molecule has 0 bridgehead atoms. The zero-order valence-corrected chi connectivity index (χ0v) is 13.7. The van der Waals surface area contributed by atoms with Gasteiger partial charge in [-0.3, -0.25) is 9.48 Å². The summed E-state index contributed by atoms with van der Waals surface area (Å²) in [4.78, 5) is 17.6. The van der Waals surface area contributed by atoms with Crippen LogP contribution < -0.4 is 4.80 Å². The maximum absolute atomic E-state index is 12.5. The van der Waals surface area contributed by atoms with Crippen molar-refractivity contribution in [3.05, 3.63) is 47.0 Å². The van der Waals surface area contributed by atoms with Gasteiger partial charge in [0, 0.05) is 18.8 Å². The van der Waals surface area contributed by atoms with Crippen LogP contribution in [0.15, 0.2) is 41.5 Å². The molecule has 3 aromatic rings. The lowest BCUT2D eigenvalue weighted by molar-refractivity contribution is 0.0986. The fourth-order valence-corrected chi connectivity index (χ4v) is 3.54. The van der Waals surface area contributed by atoms with E-state index in [-0.39, 0.29) is 11.9 Å². The first-order chi connectivity index (χ1) is 10.6. The minimum atomic E-state index is -0.250. The van der Waals surface area contributed by atoms with E-state index in [0.717, 1.165) is 21.6 Å². The SMILES string of the molecule is CCn1c(=NC(=O)c2ccnn2C(C)C)sc2ccccc21. The summed E-state index contributed by atoms with van der Waals surface area (Å²) >= 11 is 1.53. The van der Waals surface area contributed by atoms with Gasteiger partial charge in [0.1, 0.15) is 5.69 Å². The second kappa shape index (κ2) is 5.88. The number of hydrogen-bond donors (Lipinski definition) is 0. The molecule has 114 valence electrons. The summed E-state index contributed by atoms with van der Waals surface area (Å²) in [7, 11) is 0. The van der Waals surface area contributed by atoms with Crippen molar-refractivity contribution in [3.8, 4) is 0 Å². The summed E-state index contributed by atoms with van der Waals surface area (Å²) in [5.41, 5.74) is 1.63. The highest BCUT2D eigenvalue weighted by molar-refractivity contribution is 7.16. The minimum absolute atomic E-state index is 0.129. The van der Waals surface area contributed by atoms with E-state index in [1.807, 2.05) is 32.0 Å². The normalized spacial score (nSPS) is 12.5. The van der Waals surface area contributed by atoms with Gasteiger partial charge in [-0.15, -0.1) is 0 Å². The van der Waals surface area contributed by atoms with Gasteiger partial charge in [-0.2, -0.15) is 10.1 Å². The van der Waals surface area contributed by atoms with Gasteiger partial charge in [-0.1, -0.05) is 23.5 Å². The molecule has 0 N–H and O–H groups in total. The Balaban J connectivity index is 2.12. The predicted octanol–water partition coefficient (Wildman–Crippen LogP) is 3.24. The van der Waals surface area contributed by atoms with Crippen molar-refractivity contribution < 1.29 is 4.79 Å². The second-order valence-corrected chi connectivity index (χ2v) is 6.28. The van der Waals surface area contributed by atoms with E-state index in [2.05, 4.69) is 27.6 Å². The average molecular weight is 314 g/mol. The number of fused-ring (bicyclic) bond motifs is 1. The van der Waals surface area contributed by atoms with E-state index in [1.165, 1.54) is 11.3 Å². The molecule has 0 aliphatic carbocycles. The first kappa shape index (κ1) is 14.7. The third-order valence-electron chi connectivity index (χ3n) is 3.48. The smallest absolute Gasteiger partial charge is 0.297 e. The number of hydrogen-bond acceptors (Lipinski definition) is 3. The van der Waals surface area contributed by atoms with Gasteiger partial charge in [0.25, 0.3) is 5.91 Å². The molecule has 0 aliphatic rings. The largest absolute Gasteiger partial charge is 0.317 e. The van der Waals surface area contributed by atoms with E-state index in [4.69, 9.17) is 0 Å². The Kier molecular flexibility index (Phi) is 3.94. The second-order valence-electron chi connectivity index (χ2n) is 5.27. The molecule has 0 unspecified atom stereocenters. The lowest BCUT2D eigenvalue weighted by Gasteiger charge is -2.07. The summed E-state index contributed by atoms with van der Waals surface area (Å²) in [5.74, 6) is -0.250. The summed E-state index contributed by atoms with van der Waals surface area (Å²) < 4.78 is 4.90. The molecule has 1 amide bonds. The molecule has 0 saturated heterocycles. The van der Waals surface area contributed by atoms with Crippen LogP contribution in [-0.4, -0.2) is 20.3 Å². The molecule has 0 spiro atoms. The molecular formula is C16H18N4OS. The topological polar surface area (TPSA) is 52.2 Å². The van der Waals surface area contributed by atoms with E-state index in [0.29, 0.717) is 5.69 Å². The van der Waals surface area contributed by atoms with Gasteiger partial charge in [0.05, 0.1) is 10.2 Å². The number of aryl methyl sites for hydroxylation is 1. The van der Waals surface area contributed by atoms with Crippen molar-refractivity contribution >= 4 is 27.5 Å². The molecule has 1 aromatic carbocycles. The van der Waals surface area contributed by atoms with Crippen molar-refractivity contribution in [1.82, 2.24) is 14.3 Å². The van der Waals surface area contributed by atoms with Crippen molar-refractivity contribution in [3.63, 3.8) is 0 Å². The molecule has 0 radical (unpaired) electrons. The quantitative estimate of drug-likeness (QED) is 0.745. The van der Waals surface area contributed by atoms with E-state index < -0.39 is 0 Å². The Morgan fingerprint density at radius 1 is 1.32 bits per heavy atom. The van der Waals surface area contributed by atoms with Crippen molar-refractivity contribution in [2.45, 2.75) is 33.4 Å². The lowest BCUT2D eigenvalue weighted by atomic mass is 10.3. The molecule has 0 atom stereocenters. The van der Waals surface area contributed by atoms with Crippen LogP contribution in [-0.2, 0) is 6.54 Å². The van der Waals surface area contributed by atoms with Gasteiger partial charge in [0.15, 0.2) is 4.80 Å². The number of aromatic nitrogens is 3. The molecule has 22 heavy (non-hydrogen) atoms. The van der Waals surface area contributed by atoms with Gasteiger partial charge >= 0.3 is 0 Å². The van der Waals surface area contributed by atoms with Crippen molar-refractivity contribution in [1.29, 1.82) is 0 Å². The average Bonchev–Trinajstić information content (AvgIpc) is 3.11. The van der Waals surface area contributed by atoms with Crippen LogP contribution in [0.4, 0.5) is 0 Å². The Bertz CT molecular complexity index is 885. The molecule has 5 nitrogen and oxygen atoms in total. The van der Waals surface area contributed by atoms with Crippen molar-refractivity contribution in [2.24, 2.45) is 4.99 Å². The molecule has 2 aromatic heterocycles. The van der Waals surface area contributed by atoms with Crippen LogP contribution in [0.25, 0.3) is 10.2 Å². The maximum atomic E-state index is 12.5. The number of para-hydroxylation sites is 1. The fourth-order valence-electron chi connectivity index (χ4n) is 2.45. The van der Waals surface area contributed by atoms with Crippen LogP contribution >= 0.6 is 11.3 Å². The number of benzene rings is 1. The first-order valence-corrected chi connectivity index (χ1v) is 8.14. The monoisotopic (exact) mass is 314 g/mol. The Morgan fingerprint density at radius 3 is 2.82 bits per heavy atom. The zero-order valence-electron chi connectivity index (χ0n) is 12.9. The van der Waals surface area contributed by atoms with Crippen LogP contribution in [0.3, 0.4) is 0 Å². The molecule has 2 heterocycles. The van der Waals surface area contributed by atoms with Crippen molar-refractivity contribution in [2.75, 3.05) is 0 Å².